The number of aromatic nitrogens is 1. The maximum Gasteiger partial charge on any atom is 0.319 e. The molecule has 150 valence electrons. The van der Waals surface area contributed by atoms with Crippen molar-refractivity contribution in [1.82, 2.24) is 10.5 Å². The zero-order valence-electron chi connectivity index (χ0n) is 16.3. The summed E-state index contributed by atoms with van der Waals surface area (Å²) in [5.41, 5.74) is 10.1. The lowest BCUT2D eigenvalue weighted by Gasteiger charge is -2.11. The average Bonchev–Trinajstić information content (AvgIpc) is 3.19. The van der Waals surface area contributed by atoms with E-state index in [1.807, 2.05) is 61.5 Å². The number of nitrogens with zero attached hydrogens (tertiary/aromatic N) is 1. The number of amides is 3. The van der Waals surface area contributed by atoms with Crippen molar-refractivity contribution in [3.8, 4) is 11.3 Å². The number of hydrogen-bond acceptors (Lipinski definition) is 4. The fourth-order valence-corrected chi connectivity index (χ4v) is 3.34. The molecule has 0 saturated heterocycles. The highest BCUT2D eigenvalue weighted by Crippen LogP contribution is 2.34. The number of nitrogens with one attached hydrogen (secondary N) is 2. The lowest BCUT2D eigenvalue weighted by molar-refractivity contribution is 0.100. The first-order chi connectivity index (χ1) is 14.5. The van der Waals surface area contributed by atoms with Crippen molar-refractivity contribution < 1.29 is 14.1 Å². The third-order valence-electron chi connectivity index (χ3n) is 4.83. The Labute approximate surface area is 172 Å². The topological polar surface area (TPSA) is 110 Å². The van der Waals surface area contributed by atoms with Crippen molar-refractivity contribution in [3.63, 3.8) is 0 Å². The smallest absolute Gasteiger partial charge is 0.319 e. The number of anilines is 1. The summed E-state index contributed by atoms with van der Waals surface area (Å²) in [6, 6.07) is 19.8. The SMILES string of the molecule is Cc1ccc(C(N)=O)c2c(-c3ccccc3CNC(=O)Nc3ccccc3)noc12. The van der Waals surface area contributed by atoms with Crippen molar-refractivity contribution in [2.24, 2.45) is 5.73 Å². The second-order valence-corrected chi connectivity index (χ2v) is 6.86. The summed E-state index contributed by atoms with van der Waals surface area (Å²) in [5.74, 6) is -0.553. The number of benzene rings is 3. The Morgan fingerprint density at radius 3 is 2.50 bits per heavy atom. The zero-order valence-corrected chi connectivity index (χ0v) is 16.3. The number of rotatable bonds is 5. The predicted octanol–water partition coefficient (Wildman–Crippen LogP) is 4.22. The van der Waals surface area contributed by atoms with Crippen LogP contribution in [-0.2, 0) is 6.54 Å². The van der Waals surface area contributed by atoms with Crippen LogP contribution in [0.2, 0.25) is 0 Å². The van der Waals surface area contributed by atoms with Gasteiger partial charge in [0.05, 0.1) is 10.9 Å². The lowest BCUT2D eigenvalue weighted by atomic mass is 9.97. The number of carbonyl (C=O) groups excluding carboxylic acids is 2. The van der Waals surface area contributed by atoms with Gasteiger partial charge in [0.25, 0.3) is 0 Å². The lowest BCUT2D eigenvalue weighted by Crippen LogP contribution is -2.28. The molecule has 4 rings (SSSR count). The molecule has 0 unspecified atom stereocenters. The van der Waals surface area contributed by atoms with Crippen molar-refractivity contribution in [1.29, 1.82) is 0 Å². The second kappa shape index (κ2) is 8.08. The highest BCUT2D eigenvalue weighted by molar-refractivity contribution is 6.10. The molecule has 0 bridgehead atoms. The molecule has 7 heteroatoms. The summed E-state index contributed by atoms with van der Waals surface area (Å²) in [6.07, 6.45) is 0. The molecule has 0 saturated carbocycles. The molecule has 0 spiro atoms. The number of nitrogens with two attached hydrogens (primary N) is 1. The maximum absolute atomic E-state index is 12.3. The fraction of sp³-hybridized carbons (Fsp3) is 0.0870. The number of aryl methyl sites for hydroxylation is 1. The van der Waals surface area contributed by atoms with Crippen LogP contribution in [0.15, 0.2) is 71.3 Å². The van der Waals surface area contributed by atoms with E-state index in [1.54, 1.807) is 12.1 Å². The van der Waals surface area contributed by atoms with Crippen LogP contribution < -0.4 is 16.4 Å². The average molecular weight is 400 g/mol. The minimum Gasteiger partial charge on any atom is -0.366 e. The van der Waals surface area contributed by atoms with Gasteiger partial charge in [-0.1, -0.05) is 53.7 Å². The molecular formula is C23H20N4O3. The Kier molecular flexibility index (Phi) is 5.17. The van der Waals surface area contributed by atoms with Crippen LogP contribution in [-0.4, -0.2) is 17.1 Å². The molecule has 0 atom stereocenters. The number of primary amides is 1. The molecule has 4 aromatic rings. The third kappa shape index (κ3) is 3.73. The van der Waals surface area contributed by atoms with E-state index in [4.69, 9.17) is 10.3 Å². The van der Waals surface area contributed by atoms with Gasteiger partial charge in [0.15, 0.2) is 5.58 Å². The van der Waals surface area contributed by atoms with E-state index in [2.05, 4.69) is 15.8 Å². The molecule has 1 heterocycles. The largest absolute Gasteiger partial charge is 0.366 e. The summed E-state index contributed by atoms with van der Waals surface area (Å²) in [7, 11) is 0. The Hall–Kier alpha value is -4.13. The van der Waals surface area contributed by atoms with Crippen LogP contribution >= 0.6 is 0 Å². The molecule has 0 fully saturated rings. The van der Waals surface area contributed by atoms with Crippen molar-refractivity contribution in [3.05, 3.63) is 83.4 Å². The standard InChI is InChI=1S/C23H20N4O3/c1-14-11-12-18(22(24)28)19-20(27-30-21(14)19)17-10-6-5-7-15(17)13-25-23(29)26-16-8-3-2-4-9-16/h2-12H,13H2,1H3,(H2,24,28)(H2,25,26,29). The quantitative estimate of drug-likeness (QED) is 0.466. The van der Waals surface area contributed by atoms with Crippen LogP contribution in [0.1, 0.15) is 21.5 Å². The minimum absolute atomic E-state index is 0.265. The Morgan fingerprint density at radius 1 is 1.00 bits per heavy atom. The van der Waals surface area contributed by atoms with Gasteiger partial charge in [0, 0.05) is 17.8 Å². The maximum atomic E-state index is 12.3. The van der Waals surface area contributed by atoms with Crippen LogP contribution in [0.4, 0.5) is 10.5 Å². The Balaban J connectivity index is 1.65. The molecule has 7 nitrogen and oxygen atoms in total. The highest BCUT2D eigenvalue weighted by atomic mass is 16.5. The van der Waals surface area contributed by atoms with E-state index < -0.39 is 5.91 Å². The first kappa shape index (κ1) is 19.2. The van der Waals surface area contributed by atoms with Crippen molar-refractivity contribution >= 4 is 28.6 Å². The highest BCUT2D eigenvalue weighted by Gasteiger charge is 2.20. The first-order valence-electron chi connectivity index (χ1n) is 9.41. The molecular weight excluding hydrogens is 380 g/mol. The van der Waals surface area contributed by atoms with Gasteiger partial charge in [-0.2, -0.15) is 0 Å². The minimum atomic E-state index is -0.553. The summed E-state index contributed by atoms with van der Waals surface area (Å²) in [6.45, 7) is 2.14. The molecule has 4 N–H and O–H groups in total. The summed E-state index contributed by atoms with van der Waals surface area (Å²) >= 11 is 0. The van der Waals surface area contributed by atoms with E-state index in [0.717, 1.165) is 16.7 Å². The second-order valence-electron chi connectivity index (χ2n) is 6.86. The van der Waals surface area contributed by atoms with Crippen molar-refractivity contribution in [2.45, 2.75) is 13.5 Å². The Morgan fingerprint density at radius 2 is 1.73 bits per heavy atom. The van der Waals surface area contributed by atoms with Gasteiger partial charge in [0.2, 0.25) is 5.91 Å². The third-order valence-corrected chi connectivity index (χ3v) is 4.83. The van der Waals surface area contributed by atoms with Gasteiger partial charge in [-0.15, -0.1) is 0 Å². The van der Waals surface area contributed by atoms with Crippen molar-refractivity contribution in [2.75, 3.05) is 5.32 Å². The van der Waals surface area contributed by atoms with Gasteiger partial charge < -0.3 is 20.9 Å². The number of carbonyl (C=O) groups is 2. The molecule has 3 amide bonds. The summed E-state index contributed by atoms with van der Waals surface area (Å²) in [5, 5.41) is 10.4. The molecule has 0 aliphatic heterocycles. The number of para-hydroxylation sites is 1. The van der Waals surface area contributed by atoms with E-state index in [1.165, 1.54) is 0 Å². The van der Waals surface area contributed by atoms with E-state index in [0.29, 0.717) is 27.9 Å². The van der Waals surface area contributed by atoms with Crippen LogP contribution in [0.5, 0.6) is 0 Å². The first-order valence-corrected chi connectivity index (χ1v) is 9.41. The van der Waals surface area contributed by atoms with Gasteiger partial charge in [-0.05, 0) is 36.2 Å². The van der Waals surface area contributed by atoms with Gasteiger partial charge in [-0.25, -0.2) is 4.79 Å². The monoisotopic (exact) mass is 400 g/mol. The van der Waals surface area contributed by atoms with Crippen LogP contribution in [0, 0.1) is 6.92 Å². The summed E-state index contributed by atoms with van der Waals surface area (Å²) < 4.78 is 5.53. The molecule has 0 radical (unpaired) electrons. The molecule has 1 aromatic heterocycles. The number of fused-ring (bicyclic) bond motifs is 1. The van der Waals surface area contributed by atoms with Crippen LogP contribution in [0.25, 0.3) is 22.2 Å². The van der Waals surface area contributed by atoms with E-state index in [-0.39, 0.29) is 12.6 Å². The number of urea groups is 1. The van der Waals surface area contributed by atoms with Gasteiger partial charge in [0.1, 0.15) is 5.69 Å². The Bertz CT molecular complexity index is 1230. The molecule has 0 aliphatic rings. The number of hydrogen-bond donors (Lipinski definition) is 3. The molecule has 30 heavy (non-hydrogen) atoms. The fourth-order valence-electron chi connectivity index (χ4n) is 3.34. The van der Waals surface area contributed by atoms with E-state index >= 15 is 0 Å². The van der Waals surface area contributed by atoms with E-state index in [9.17, 15) is 9.59 Å². The van der Waals surface area contributed by atoms with Gasteiger partial charge >= 0.3 is 6.03 Å². The normalized spacial score (nSPS) is 10.7. The van der Waals surface area contributed by atoms with Crippen LogP contribution in [0.3, 0.4) is 0 Å². The predicted molar refractivity (Wildman–Crippen MR) is 115 cm³/mol. The molecule has 3 aromatic carbocycles. The molecule has 0 aliphatic carbocycles. The summed E-state index contributed by atoms with van der Waals surface area (Å²) in [4.78, 5) is 24.2. The zero-order chi connectivity index (χ0) is 21.1. The van der Waals surface area contributed by atoms with Gasteiger partial charge in [-0.3, -0.25) is 4.79 Å².